The summed E-state index contributed by atoms with van der Waals surface area (Å²) >= 11 is 11.9. The predicted octanol–water partition coefficient (Wildman–Crippen LogP) is 3.86. The number of hydrogen-bond donors (Lipinski definition) is 1. The van der Waals surface area contributed by atoms with Crippen molar-refractivity contribution in [1.82, 2.24) is 10.3 Å². The minimum atomic E-state index is -0.0757. The van der Waals surface area contributed by atoms with Crippen molar-refractivity contribution in [2.24, 2.45) is 0 Å². The first-order chi connectivity index (χ1) is 12.9. The van der Waals surface area contributed by atoms with Crippen LogP contribution in [0.1, 0.15) is 25.0 Å². The average molecular weight is 408 g/mol. The number of aromatic nitrogens is 1. The fraction of sp³-hybridized carbons (Fsp3) is 0.400. The van der Waals surface area contributed by atoms with E-state index in [0.717, 1.165) is 30.0 Å². The summed E-state index contributed by atoms with van der Waals surface area (Å²) in [4.78, 5) is 18.9. The van der Waals surface area contributed by atoms with Crippen LogP contribution < -0.4 is 10.2 Å². The summed E-state index contributed by atoms with van der Waals surface area (Å²) in [5.74, 6) is 0.858. The van der Waals surface area contributed by atoms with Gasteiger partial charge in [0.05, 0.1) is 28.7 Å². The number of benzene rings is 1. The number of halogens is 2. The maximum absolute atomic E-state index is 12.1. The van der Waals surface area contributed by atoms with Crippen molar-refractivity contribution in [2.45, 2.75) is 39.0 Å². The second kappa shape index (κ2) is 8.91. The third-order valence-electron chi connectivity index (χ3n) is 4.39. The topological polar surface area (TPSA) is 54.5 Å². The number of amides is 1. The van der Waals surface area contributed by atoms with Gasteiger partial charge in [0.2, 0.25) is 5.91 Å². The highest BCUT2D eigenvalue weighted by atomic mass is 35.5. The summed E-state index contributed by atoms with van der Waals surface area (Å²) in [7, 11) is 0. The SMILES string of the molecule is CC1CN(c2ccc(CNC(=O)Cc3ccc(Cl)c(Cl)c3)cn2)CC(C)O1. The Labute approximate surface area is 169 Å². The molecule has 2 heterocycles. The van der Waals surface area contributed by atoms with Crippen LogP contribution in [-0.4, -0.2) is 36.2 Å². The highest BCUT2D eigenvalue weighted by Gasteiger charge is 2.22. The van der Waals surface area contributed by atoms with Gasteiger partial charge in [0.15, 0.2) is 0 Å². The number of pyridine rings is 1. The number of nitrogens with zero attached hydrogens (tertiary/aromatic N) is 2. The molecular weight excluding hydrogens is 385 g/mol. The quantitative estimate of drug-likeness (QED) is 0.817. The molecule has 5 nitrogen and oxygen atoms in total. The Hall–Kier alpha value is -1.82. The first kappa shape index (κ1) is 19.9. The molecule has 1 amide bonds. The molecule has 7 heteroatoms. The van der Waals surface area contributed by atoms with E-state index in [1.807, 2.05) is 12.1 Å². The zero-order valence-electron chi connectivity index (χ0n) is 15.4. The van der Waals surface area contributed by atoms with E-state index in [4.69, 9.17) is 27.9 Å². The Morgan fingerprint density at radius 2 is 1.85 bits per heavy atom. The van der Waals surface area contributed by atoms with Crippen LogP contribution in [0.3, 0.4) is 0 Å². The van der Waals surface area contributed by atoms with Crippen LogP contribution in [0.5, 0.6) is 0 Å². The van der Waals surface area contributed by atoms with Gasteiger partial charge in [-0.15, -0.1) is 0 Å². The van der Waals surface area contributed by atoms with Gasteiger partial charge in [0.1, 0.15) is 5.82 Å². The summed E-state index contributed by atoms with van der Waals surface area (Å²) in [6.07, 6.45) is 2.44. The molecule has 0 spiro atoms. The lowest BCUT2D eigenvalue weighted by Crippen LogP contribution is -2.45. The molecule has 2 atom stereocenters. The number of carbonyl (C=O) groups is 1. The van der Waals surface area contributed by atoms with Crippen molar-refractivity contribution >= 4 is 34.9 Å². The predicted molar refractivity (Wildman–Crippen MR) is 108 cm³/mol. The number of anilines is 1. The summed E-state index contributed by atoms with van der Waals surface area (Å²) < 4.78 is 5.76. The molecule has 1 fully saturated rings. The van der Waals surface area contributed by atoms with Crippen molar-refractivity contribution in [2.75, 3.05) is 18.0 Å². The van der Waals surface area contributed by atoms with Crippen LogP contribution in [-0.2, 0) is 22.5 Å². The minimum absolute atomic E-state index is 0.0757. The highest BCUT2D eigenvalue weighted by Crippen LogP contribution is 2.23. The fourth-order valence-corrected chi connectivity index (χ4v) is 3.49. The van der Waals surface area contributed by atoms with Gasteiger partial charge in [-0.2, -0.15) is 0 Å². The molecule has 1 aliphatic rings. The van der Waals surface area contributed by atoms with E-state index in [1.54, 1.807) is 24.4 Å². The number of carbonyl (C=O) groups excluding carboxylic acids is 1. The monoisotopic (exact) mass is 407 g/mol. The van der Waals surface area contributed by atoms with E-state index in [0.29, 0.717) is 16.6 Å². The molecule has 3 rings (SSSR count). The van der Waals surface area contributed by atoms with Gasteiger partial charge in [-0.3, -0.25) is 4.79 Å². The molecule has 1 aromatic heterocycles. The van der Waals surface area contributed by atoms with Crippen molar-refractivity contribution in [3.05, 3.63) is 57.7 Å². The summed E-state index contributed by atoms with van der Waals surface area (Å²) in [5, 5.41) is 3.84. The molecule has 1 aromatic carbocycles. The molecule has 0 saturated carbocycles. The van der Waals surface area contributed by atoms with Crippen molar-refractivity contribution in [3.63, 3.8) is 0 Å². The Morgan fingerprint density at radius 1 is 1.15 bits per heavy atom. The molecule has 0 bridgehead atoms. The first-order valence-corrected chi connectivity index (χ1v) is 9.72. The molecule has 1 aliphatic heterocycles. The zero-order chi connectivity index (χ0) is 19.4. The van der Waals surface area contributed by atoms with Crippen LogP contribution >= 0.6 is 23.2 Å². The molecule has 1 saturated heterocycles. The second-order valence-corrected chi connectivity index (χ2v) is 7.70. The molecule has 1 N–H and O–H groups in total. The van der Waals surface area contributed by atoms with E-state index >= 15 is 0 Å². The van der Waals surface area contributed by atoms with Crippen LogP contribution in [0.25, 0.3) is 0 Å². The van der Waals surface area contributed by atoms with Crippen LogP contribution in [0, 0.1) is 0 Å². The Balaban J connectivity index is 1.52. The van der Waals surface area contributed by atoms with Crippen molar-refractivity contribution < 1.29 is 9.53 Å². The van der Waals surface area contributed by atoms with E-state index in [-0.39, 0.29) is 24.5 Å². The second-order valence-electron chi connectivity index (χ2n) is 6.89. The van der Waals surface area contributed by atoms with Crippen molar-refractivity contribution in [3.8, 4) is 0 Å². The van der Waals surface area contributed by atoms with E-state index in [9.17, 15) is 4.79 Å². The van der Waals surface area contributed by atoms with Gasteiger partial charge < -0.3 is 15.0 Å². The zero-order valence-corrected chi connectivity index (χ0v) is 16.9. The van der Waals surface area contributed by atoms with Gasteiger partial charge in [0.25, 0.3) is 0 Å². The third-order valence-corrected chi connectivity index (χ3v) is 5.13. The first-order valence-electron chi connectivity index (χ1n) is 8.96. The lowest BCUT2D eigenvalue weighted by Gasteiger charge is -2.36. The molecule has 2 aromatic rings. The van der Waals surface area contributed by atoms with E-state index in [2.05, 4.69) is 29.0 Å². The van der Waals surface area contributed by atoms with Crippen LogP contribution in [0.15, 0.2) is 36.5 Å². The maximum atomic E-state index is 12.1. The lowest BCUT2D eigenvalue weighted by atomic mass is 10.1. The smallest absolute Gasteiger partial charge is 0.224 e. The summed E-state index contributed by atoms with van der Waals surface area (Å²) in [6.45, 7) is 6.23. The van der Waals surface area contributed by atoms with Gasteiger partial charge in [-0.05, 0) is 43.2 Å². The number of ether oxygens (including phenoxy) is 1. The van der Waals surface area contributed by atoms with Crippen molar-refractivity contribution in [1.29, 1.82) is 0 Å². The van der Waals surface area contributed by atoms with E-state index < -0.39 is 0 Å². The van der Waals surface area contributed by atoms with Gasteiger partial charge in [0, 0.05) is 25.8 Å². The number of morpholine rings is 1. The Morgan fingerprint density at radius 3 is 2.48 bits per heavy atom. The van der Waals surface area contributed by atoms with Gasteiger partial charge >= 0.3 is 0 Å². The normalized spacial score (nSPS) is 19.8. The summed E-state index contributed by atoms with van der Waals surface area (Å²) in [5.41, 5.74) is 1.78. The van der Waals surface area contributed by atoms with Crippen LogP contribution in [0.2, 0.25) is 10.0 Å². The molecule has 144 valence electrons. The summed E-state index contributed by atoms with van der Waals surface area (Å²) in [6, 6.07) is 9.19. The standard InChI is InChI=1S/C20H23Cl2N3O2/c1-13-11-25(12-14(2)27-13)19-6-4-16(9-23-19)10-24-20(26)8-15-3-5-17(21)18(22)7-15/h3-7,9,13-14H,8,10-12H2,1-2H3,(H,24,26). The molecule has 27 heavy (non-hydrogen) atoms. The Bertz CT molecular complexity index is 788. The average Bonchev–Trinajstić information content (AvgIpc) is 2.63. The van der Waals surface area contributed by atoms with E-state index in [1.165, 1.54) is 0 Å². The maximum Gasteiger partial charge on any atom is 0.224 e. The molecule has 0 aliphatic carbocycles. The fourth-order valence-electron chi connectivity index (χ4n) is 3.17. The lowest BCUT2D eigenvalue weighted by molar-refractivity contribution is -0.120. The number of nitrogens with one attached hydrogen (secondary N) is 1. The molecule has 0 radical (unpaired) electrons. The highest BCUT2D eigenvalue weighted by molar-refractivity contribution is 6.42. The third kappa shape index (κ3) is 5.58. The largest absolute Gasteiger partial charge is 0.372 e. The molecular formula is C20H23Cl2N3O2. The van der Waals surface area contributed by atoms with Gasteiger partial charge in [-0.25, -0.2) is 4.98 Å². The minimum Gasteiger partial charge on any atom is -0.372 e. The van der Waals surface area contributed by atoms with Crippen LogP contribution in [0.4, 0.5) is 5.82 Å². The Kier molecular flexibility index (Phi) is 6.58. The van der Waals surface area contributed by atoms with Gasteiger partial charge in [-0.1, -0.05) is 35.3 Å². The number of hydrogen-bond acceptors (Lipinski definition) is 4. The molecule has 2 unspecified atom stereocenters. The number of rotatable bonds is 5.